The quantitative estimate of drug-likeness (QED) is 0.605. The Labute approximate surface area is 158 Å². The number of Topliss-reactive ketones (excluding diaryl/α,β-unsaturated/α-hetero) is 1. The van der Waals surface area contributed by atoms with Crippen LogP contribution >= 0.6 is 0 Å². The number of fused-ring (bicyclic) bond motifs is 1. The van der Waals surface area contributed by atoms with Gasteiger partial charge in [-0.15, -0.1) is 0 Å². The van der Waals surface area contributed by atoms with Crippen LogP contribution in [0.15, 0.2) is 48.5 Å². The Morgan fingerprint density at radius 1 is 1.19 bits per heavy atom. The van der Waals surface area contributed by atoms with Gasteiger partial charge in [0, 0.05) is 24.1 Å². The number of amides is 1. The zero-order valence-electron chi connectivity index (χ0n) is 15.3. The molecule has 0 aromatic heterocycles. The molecule has 0 saturated heterocycles. The zero-order valence-corrected chi connectivity index (χ0v) is 15.3. The van der Waals surface area contributed by atoms with E-state index in [2.05, 4.69) is 6.07 Å². The minimum absolute atomic E-state index is 0.276. The highest BCUT2D eigenvalue weighted by Crippen LogP contribution is 2.42. The van der Waals surface area contributed by atoms with Crippen molar-refractivity contribution in [1.29, 1.82) is 5.26 Å². The second-order valence-electron chi connectivity index (χ2n) is 6.75. The third-order valence-electron chi connectivity index (χ3n) is 5.01. The van der Waals surface area contributed by atoms with Crippen molar-refractivity contribution in [2.24, 2.45) is 0 Å². The summed E-state index contributed by atoms with van der Waals surface area (Å²) in [6.45, 7) is 2.37. The molecule has 0 fully saturated rings. The Kier molecular flexibility index (Phi) is 5.38. The molecule has 1 N–H and O–H groups in total. The third kappa shape index (κ3) is 3.49. The molecule has 0 aliphatic carbocycles. The summed E-state index contributed by atoms with van der Waals surface area (Å²) in [4.78, 5) is 27.2. The molecule has 27 heavy (non-hydrogen) atoms. The van der Waals surface area contributed by atoms with Crippen LogP contribution in [0.25, 0.3) is 0 Å². The molecule has 0 spiro atoms. The van der Waals surface area contributed by atoms with Gasteiger partial charge in [-0.05, 0) is 24.5 Å². The van der Waals surface area contributed by atoms with Crippen molar-refractivity contribution in [3.63, 3.8) is 0 Å². The number of anilines is 1. The van der Waals surface area contributed by atoms with E-state index in [0.29, 0.717) is 36.2 Å². The van der Waals surface area contributed by atoms with Crippen LogP contribution in [-0.4, -0.2) is 23.3 Å². The molecule has 2 aromatic rings. The van der Waals surface area contributed by atoms with E-state index < -0.39 is 11.5 Å². The number of hydrogen-bond acceptors (Lipinski definition) is 4. The van der Waals surface area contributed by atoms with E-state index >= 15 is 0 Å². The number of ketones is 1. The van der Waals surface area contributed by atoms with Crippen LogP contribution in [-0.2, 0) is 16.8 Å². The van der Waals surface area contributed by atoms with Crippen LogP contribution in [0.3, 0.4) is 0 Å². The van der Waals surface area contributed by atoms with Crippen molar-refractivity contribution < 1.29 is 14.7 Å². The highest BCUT2D eigenvalue weighted by molar-refractivity contribution is 6.10. The van der Waals surface area contributed by atoms with Crippen molar-refractivity contribution in [3.8, 4) is 6.07 Å². The number of benzene rings is 2. The lowest BCUT2D eigenvalue weighted by molar-refractivity contribution is -0.135. The summed E-state index contributed by atoms with van der Waals surface area (Å²) in [7, 11) is 0. The average Bonchev–Trinajstić information content (AvgIpc) is 2.90. The summed E-state index contributed by atoms with van der Waals surface area (Å²) in [5, 5.41) is 19.9. The normalized spacial score (nSPS) is 18.3. The van der Waals surface area contributed by atoms with Gasteiger partial charge in [-0.3, -0.25) is 9.59 Å². The molecule has 5 heteroatoms. The monoisotopic (exact) mass is 362 g/mol. The number of hydrogen-bond donors (Lipinski definition) is 1. The number of aliphatic hydroxyl groups is 1. The molecule has 3 rings (SSSR count). The van der Waals surface area contributed by atoms with Gasteiger partial charge in [-0.1, -0.05) is 49.4 Å². The predicted octanol–water partition coefficient (Wildman–Crippen LogP) is 3.36. The molecule has 1 aliphatic heterocycles. The molecule has 138 valence electrons. The summed E-state index contributed by atoms with van der Waals surface area (Å²) >= 11 is 0. The first-order valence-corrected chi connectivity index (χ1v) is 9.14. The van der Waals surface area contributed by atoms with Crippen LogP contribution < -0.4 is 4.90 Å². The van der Waals surface area contributed by atoms with Gasteiger partial charge in [0.15, 0.2) is 11.4 Å². The SMILES string of the molecule is CCc1ccc(C(=O)C[C@]2(O)C(=O)N(CCCC#N)c3ccccc32)cc1. The smallest absolute Gasteiger partial charge is 0.264 e. The molecule has 0 unspecified atom stereocenters. The van der Waals surface area contributed by atoms with Crippen LogP contribution in [0.1, 0.15) is 47.7 Å². The lowest BCUT2D eigenvalue weighted by Gasteiger charge is -2.22. The molecule has 1 atom stereocenters. The van der Waals surface area contributed by atoms with Gasteiger partial charge in [0.2, 0.25) is 0 Å². The first-order valence-electron chi connectivity index (χ1n) is 9.14. The Hall–Kier alpha value is -2.97. The Bertz CT molecular complexity index is 899. The summed E-state index contributed by atoms with van der Waals surface area (Å²) in [5.41, 5.74) is 0.789. The van der Waals surface area contributed by atoms with Crippen molar-refractivity contribution in [3.05, 3.63) is 65.2 Å². The number of aryl methyl sites for hydroxylation is 1. The number of para-hydroxylation sites is 1. The highest BCUT2D eigenvalue weighted by Gasteiger charge is 2.50. The fraction of sp³-hybridized carbons (Fsp3) is 0.318. The van der Waals surface area contributed by atoms with Gasteiger partial charge in [0.1, 0.15) is 0 Å². The average molecular weight is 362 g/mol. The summed E-state index contributed by atoms with van der Waals surface area (Å²) in [5.74, 6) is -0.776. The molecule has 2 aromatic carbocycles. The molecular weight excluding hydrogens is 340 g/mol. The molecule has 0 radical (unpaired) electrons. The van der Waals surface area contributed by atoms with Crippen LogP contribution in [0.4, 0.5) is 5.69 Å². The minimum Gasteiger partial charge on any atom is -0.375 e. The molecular formula is C22H22N2O3. The van der Waals surface area contributed by atoms with Crippen molar-refractivity contribution in [2.75, 3.05) is 11.4 Å². The molecule has 1 amide bonds. The minimum atomic E-state index is -1.87. The fourth-order valence-corrected chi connectivity index (χ4v) is 3.48. The summed E-state index contributed by atoms with van der Waals surface area (Å²) < 4.78 is 0. The van der Waals surface area contributed by atoms with Crippen LogP contribution in [0, 0.1) is 11.3 Å². The van der Waals surface area contributed by atoms with Gasteiger partial charge < -0.3 is 10.0 Å². The van der Waals surface area contributed by atoms with E-state index in [1.54, 1.807) is 36.4 Å². The summed E-state index contributed by atoms with van der Waals surface area (Å²) in [6.07, 6.45) is 1.41. The topological polar surface area (TPSA) is 81.4 Å². The third-order valence-corrected chi connectivity index (χ3v) is 5.01. The maximum Gasteiger partial charge on any atom is 0.264 e. The standard InChI is InChI=1S/C22H22N2O3/c1-2-16-9-11-17(12-10-16)20(25)15-22(27)18-7-3-4-8-19(18)24(21(22)26)14-6-5-13-23/h3-4,7-12,27H,2,5-6,14-15H2,1H3/t22-/m1/s1. The predicted molar refractivity (Wildman–Crippen MR) is 102 cm³/mol. The highest BCUT2D eigenvalue weighted by atomic mass is 16.3. The second-order valence-corrected chi connectivity index (χ2v) is 6.75. The van der Waals surface area contributed by atoms with E-state index in [1.807, 2.05) is 19.1 Å². The van der Waals surface area contributed by atoms with E-state index in [9.17, 15) is 14.7 Å². The number of carbonyl (C=O) groups is 2. The van der Waals surface area contributed by atoms with Gasteiger partial charge in [0.25, 0.3) is 5.91 Å². The number of carbonyl (C=O) groups excluding carboxylic acids is 2. The van der Waals surface area contributed by atoms with Crippen LogP contribution in [0.2, 0.25) is 0 Å². The number of nitriles is 1. The Balaban J connectivity index is 1.88. The maximum absolute atomic E-state index is 13.0. The Morgan fingerprint density at radius 2 is 1.89 bits per heavy atom. The lowest BCUT2D eigenvalue weighted by Crippen LogP contribution is -2.42. The van der Waals surface area contributed by atoms with Gasteiger partial charge in [-0.2, -0.15) is 5.26 Å². The first kappa shape index (κ1) is 18.8. The number of rotatable bonds is 7. The molecule has 1 heterocycles. The van der Waals surface area contributed by atoms with Gasteiger partial charge >= 0.3 is 0 Å². The van der Waals surface area contributed by atoms with E-state index in [-0.39, 0.29) is 12.2 Å². The second kappa shape index (κ2) is 7.73. The van der Waals surface area contributed by atoms with Crippen molar-refractivity contribution in [2.45, 2.75) is 38.2 Å². The number of nitrogens with zero attached hydrogens (tertiary/aromatic N) is 2. The van der Waals surface area contributed by atoms with E-state index in [1.165, 1.54) is 4.90 Å². The molecule has 0 bridgehead atoms. The van der Waals surface area contributed by atoms with Crippen molar-refractivity contribution in [1.82, 2.24) is 0 Å². The largest absolute Gasteiger partial charge is 0.375 e. The molecule has 1 aliphatic rings. The van der Waals surface area contributed by atoms with Gasteiger partial charge in [0.05, 0.1) is 18.2 Å². The van der Waals surface area contributed by atoms with Crippen LogP contribution in [0.5, 0.6) is 0 Å². The summed E-state index contributed by atoms with van der Waals surface area (Å²) in [6, 6.07) is 16.3. The fourth-order valence-electron chi connectivity index (χ4n) is 3.48. The zero-order chi connectivity index (χ0) is 19.4. The molecule has 0 saturated carbocycles. The Morgan fingerprint density at radius 3 is 2.56 bits per heavy atom. The maximum atomic E-state index is 13.0. The van der Waals surface area contributed by atoms with E-state index in [0.717, 1.165) is 12.0 Å². The van der Waals surface area contributed by atoms with Crippen molar-refractivity contribution >= 4 is 17.4 Å². The first-order chi connectivity index (χ1) is 13.0. The van der Waals surface area contributed by atoms with E-state index in [4.69, 9.17) is 5.26 Å². The number of unbranched alkanes of at least 4 members (excludes halogenated alkanes) is 1. The lowest BCUT2D eigenvalue weighted by atomic mass is 9.88. The molecule has 5 nitrogen and oxygen atoms in total. The van der Waals surface area contributed by atoms with Gasteiger partial charge in [-0.25, -0.2) is 0 Å².